The van der Waals surface area contributed by atoms with E-state index in [9.17, 15) is 4.79 Å². The first-order chi connectivity index (χ1) is 12.0. The Bertz CT molecular complexity index is 735. The third-order valence-corrected chi connectivity index (χ3v) is 4.38. The molecule has 1 saturated heterocycles. The molecule has 2 aromatic heterocycles. The molecule has 0 aliphatic carbocycles. The van der Waals surface area contributed by atoms with Gasteiger partial charge in [0.05, 0.1) is 6.54 Å². The van der Waals surface area contributed by atoms with Gasteiger partial charge < -0.3 is 11.1 Å². The third kappa shape index (κ3) is 4.73. The van der Waals surface area contributed by atoms with Gasteiger partial charge in [0, 0.05) is 23.0 Å². The molecule has 1 aliphatic rings. The summed E-state index contributed by atoms with van der Waals surface area (Å²) in [5, 5.41) is 3.19. The second-order valence-corrected chi connectivity index (χ2v) is 6.56. The van der Waals surface area contributed by atoms with Crippen LogP contribution >= 0.6 is 0 Å². The largest absolute Gasteiger partial charge is 0.369 e. The molecule has 0 unspecified atom stereocenters. The van der Waals surface area contributed by atoms with Gasteiger partial charge in [-0.3, -0.25) is 9.69 Å². The number of anilines is 2. The molecule has 0 saturated carbocycles. The van der Waals surface area contributed by atoms with E-state index >= 15 is 0 Å². The number of aromatic nitrogens is 3. The predicted molar refractivity (Wildman–Crippen MR) is 96.6 cm³/mol. The highest BCUT2D eigenvalue weighted by atomic mass is 16.1. The Morgan fingerprint density at radius 2 is 1.88 bits per heavy atom. The van der Waals surface area contributed by atoms with Crippen molar-refractivity contribution in [1.82, 2.24) is 19.9 Å². The first-order valence-electron chi connectivity index (χ1n) is 8.56. The summed E-state index contributed by atoms with van der Waals surface area (Å²) in [6.07, 6.45) is 1.95. The number of hydrogen-bond acceptors (Lipinski definition) is 6. The normalized spacial score (nSPS) is 15.9. The number of pyridine rings is 1. The summed E-state index contributed by atoms with van der Waals surface area (Å²) in [5.74, 6) is 1.45. The van der Waals surface area contributed by atoms with E-state index in [0.29, 0.717) is 18.4 Å². The fraction of sp³-hybridized carbons (Fsp3) is 0.444. The zero-order valence-corrected chi connectivity index (χ0v) is 14.7. The Labute approximate surface area is 147 Å². The maximum absolute atomic E-state index is 11.0. The van der Waals surface area contributed by atoms with Crippen molar-refractivity contribution >= 4 is 17.7 Å². The average molecular weight is 340 g/mol. The van der Waals surface area contributed by atoms with Crippen molar-refractivity contribution in [2.75, 3.05) is 25.0 Å². The Hall–Kier alpha value is -2.54. The van der Waals surface area contributed by atoms with Gasteiger partial charge in [0.25, 0.3) is 0 Å². The number of aryl methyl sites for hydroxylation is 2. The van der Waals surface area contributed by atoms with E-state index in [-0.39, 0.29) is 5.91 Å². The summed E-state index contributed by atoms with van der Waals surface area (Å²) >= 11 is 0. The van der Waals surface area contributed by atoms with Crippen LogP contribution in [0.4, 0.5) is 11.8 Å². The average Bonchev–Trinajstić information content (AvgIpc) is 2.54. The number of primary amides is 1. The quantitative estimate of drug-likeness (QED) is 0.863. The van der Waals surface area contributed by atoms with Crippen LogP contribution in [0.3, 0.4) is 0 Å². The van der Waals surface area contributed by atoms with Crippen LogP contribution in [0.5, 0.6) is 0 Å². The summed E-state index contributed by atoms with van der Waals surface area (Å²) < 4.78 is 0. The lowest BCUT2D eigenvalue weighted by atomic mass is 9.93. The van der Waals surface area contributed by atoms with Crippen LogP contribution in [-0.2, 0) is 4.79 Å². The first-order valence-corrected chi connectivity index (χ1v) is 8.56. The maximum Gasteiger partial charge on any atom is 0.231 e. The van der Waals surface area contributed by atoms with Crippen LogP contribution < -0.4 is 11.1 Å². The molecule has 0 radical (unpaired) electrons. The Morgan fingerprint density at radius 1 is 1.20 bits per heavy atom. The van der Waals surface area contributed by atoms with Gasteiger partial charge >= 0.3 is 0 Å². The number of amides is 1. The number of hydrogen-bond donors (Lipinski definition) is 2. The molecule has 2 aromatic rings. The lowest BCUT2D eigenvalue weighted by molar-refractivity contribution is -0.119. The summed E-state index contributed by atoms with van der Waals surface area (Å²) in [6.45, 7) is 5.97. The van der Waals surface area contributed by atoms with Crippen molar-refractivity contribution < 1.29 is 4.79 Å². The van der Waals surface area contributed by atoms with E-state index in [1.165, 1.54) is 0 Å². The van der Waals surface area contributed by atoms with Gasteiger partial charge in [-0.2, -0.15) is 0 Å². The number of nitrogens with one attached hydrogen (secondary N) is 1. The minimum absolute atomic E-state index is 0.267. The molecule has 132 valence electrons. The molecule has 0 aromatic carbocycles. The summed E-state index contributed by atoms with van der Waals surface area (Å²) in [6, 6.07) is 7.92. The minimum Gasteiger partial charge on any atom is -0.369 e. The Balaban J connectivity index is 1.67. The molecule has 0 bridgehead atoms. The van der Waals surface area contributed by atoms with Gasteiger partial charge in [0.15, 0.2) is 0 Å². The number of likely N-dealkylation sites (tertiary alicyclic amines) is 1. The van der Waals surface area contributed by atoms with E-state index in [1.54, 1.807) is 0 Å². The molecule has 0 atom stereocenters. The van der Waals surface area contributed by atoms with Crippen LogP contribution in [0.2, 0.25) is 0 Å². The van der Waals surface area contributed by atoms with Gasteiger partial charge in [-0.1, -0.05) is 6.07 Å². The maximum atomic E-state index is 11.0. The van der Waals surface area contributed by atoms with Gasteiger partial charge in [-0.25, -0.2) is 15.0 Å². The molecule has 1 aliphatic heterocycles. The molecular weight excluding hydrogens is 316 g/mol. The van der Waals surface area contributed by atoms with Crippen molar-refractivity contribution in [2.45, 2.75) is 32.6 Å². The number of nitrogens with two attached hydrogens (primary N) is 1. The molecule has 3 heterocycles. The number of nitrogens with zero attached hydrogens (tertiary/aromatic N) is 4. The molecule has 25 heavy (non-hydrogen) atoms. The van der Waals surface area contributed by atoms with Gasteiger partial charge in [0.2, 0.25) is 11.9 Å². The topological polar surface area (TPSA) is 97.0 Å². The zero-order chi connectivity index (χ0) is 17.8. The zero-order valence-electron chi connectivity index (χ0n) is 14.7. The summed E-state index contributed by atoms with van der Waals surface area (Å²) in [7, 11) is 0. The van der Waals surface area contributed by atoms with E-state index in [2.05, 4.69) is 26.3 Å². The standard InChI is InChI=1S/C18H24N6O/c1-12-10-13(2)21-18(20-12)23-17-5-3-4-15(22-17)14-6-8-24(9-7-14)11-16(19)25/h3-5,10,14H,6-9,11H2,1-2H3,(H2,19,25)(H,20,21,22,23). The Kier molecular flexibility index (Phi) is 5.23. The minimum atomic E-state index is -0.267. The fourth-order valence-electron chi connectivity index (χ4n) is 3.25. The highest BCUT2D eigenvalue weighted by Gasteiger charge is 2.22. The second kappa shape index (κ2) is 7.57. The number of piperidine rings is 1. The highest BCUT2D eigenvalue weighted by molar-refractivity contribution is 5.75. The monoisotopic (exact) mass is 340 g/mol. The molecule has 0 spiro atoms. The number of carbonyl (C=O) groups is 1. The summed E-state index contributed by atoms with van der Waals surface area (Å²) in [5.41, 5.74) is 8.18. The summed E-state index contributed by atoms with van der Waals surface area (Å²) in [4.78, 5) is 26.7. The predicted octanol–water partition coefficient (Wildman–Crippen LogP) is 1.90. The first kappa shape index (κ1) is 17.3. The SMILES string of the molecule is Cc1cc(C)nc(Nc2cccc(C3CCN(CC(N)=O)CC3)n2)n1. The number of rotatable bonds is 5. The molecule has 3 N–H and O–H groups in total. The van der Waals surface area contributed by atoms with Crippen molar-refractivity contribution in [1.29, 1.82) is 0 Å². The van der Waals surface area contributed by atoms with Crippen LogP contribution in [0, 0.1) is 13.8 Å². The molecule has 7 nitrogen and oxygen atoms in total. The molecule has 1 amide bonds. The van der Waals surface area contributed by atoms with Crippen molar-refractivity contribution in [2.24, 2.45) is 5.73 Å². The molecule has 7 heteroatoms. The second-order valence-electron chi connectivity index (χ2n) is 6.56. The van der Waals surface area contributed by atoms with Gasteiger partial charge in [0.1, 0.15) is 5.82 Å². The van der Waals surface area contributed by atoms with Crippen molar-refractivity contribution in [3.05, 3.63) is 41.3 Å². The highest BCUT2D eigenvalue weighted by Crippen LogP contribution is 2.27. The fourth-order valence-corrected chi connectivity index (χ4v) is 3.25. The number of carbonyl (C=O) groups excluding carboxylic acids is 1. The Morgan fingerprint density at radius 3 is 2.52 bits per heavy atom. The van der Waals surface area contributed by atoms with E-state index in [4.69, 9.17) is 10.7 Å². The molecule has 1 fully saturated rings. The van der Waals surface area contributed by atoms with Gasteiger partial charge in [-0.05, 0) is 58.0 Å². The molecule has 3 rings (SSSR count). The van der Waals surface area contributed by atoms with Crippen LogP contribution in [0.15, 0.2) is 24.3 Å². The van der Waals surface area contributed by atoms with E-state index < -0.39 is 0 Å². The van der Waals surface area contributed by atoms with E-state index in [0.717, 1.165) is 48.8 Å². The van der Waals surface area contributed by atoms with Crippen molar-refractivity contribution in [3.8, 4) is 0 Å². The lowest BCUT2D eigenvalue weighted by Gasteiger charge is -2.30. The van der Waals surface area contributed by atoms with Gasteiger partial charge in [-0.15, -0.1) is 0 Å². The van der Waals surface area contributed by atoms with Crippen LogP contribution in [0.25, 0.3) is 0 Å². The van der Waals surface area contributed by atoms with E-state index in [1.807, 2.05) is 32.0 Å². The van der Waals surface area contributed by atoms with Crippen LogP contribution in [0.1, 0.15) is 35.8 Å². The lowest BCUT2D eigenvalue weighted by Crippen LogP contribution is -2.39. The third-order valence-electron chi connectivity index (χ3n) is 4.38. The smallest absolute Gasteiger partial charge is 0.231 e. The molecular formula is C18H24N6O. The van der Waals surface area contributed by atoms with Crippen molar-refractivity contribution in [3.63, 3.8) is 0 Å². The van der Waals surface area contributed by atoms with Crippen LogP contribution in [-0.4, -0.2) is 45.4 Å².